The van der Waals surface area contributed by atoms with Gasteiger partial charge in [0, 0.05) is 0 Å². The minimum Gasteiger partial charge on any atom is -0.170 e. The lowest BCUT2D eigenvalue weighted by molar-refractivity contribution is -0.180. The second-order valence-electron chi connectivity index (χ2n) is 3.99. The first-order valence-corrected chi connectivity index (χ1v) is 4.39. The Balaban J connectivity index is 3.10. The standard InChI is InChI=1S/C11H13F3/c1-8-4-6-9(7-5-8)10(2,3)11(12,13)14/h4-7H,1-3H3. The molecule has 1 aromatic carbocycles. The van der Waals surface area contributed by atoms with Crippen LogP contribution in [0, 0.1) is 6.92 Å². The summed E-state index contributed by atoms with van der Waals surface area (Å²) in [7, 11) is 0. The Morgan fingerprint density at radius 3 is 1.71 bits per heavy atom. The third kappa shape index (κ3) is 1.91. The van der Waals surface area contributed by atoms with Crippen molar-refractivity contribution in [2.24, 2.45) is 0 Å². The van der Waals surface area contributed by atoms with Crippen LogP contribution in [0.2, 0.25) is 0 Å². The van der Waals surface area contributed by atoms with Crippen LogP contribution in [-0.2, 0) is 5.41 Å². The minimum absolute atomic E-state index is 0.301. The molecular formula is C11H13F3. The Bertz CT molecular complexity index is 306. The highest BCUT2D eigenvalue weighted by Crippen LogP contribution is 2.40. The molecule has 0 nitrogen and oxygen atoms in total. The predicted octanol–water partition coefficient (Wildman–Crippen LogP) is 3.83. The van der Waals surface area contributed by atoms with Crippen molar-refractivity contribution in [3.8, 4) is 0 Å². The van der Waals surface area contributed by atoms with Gasteiger partial charge in [0.15, 0.2) is 0 Å². The molecule has 14 heavy (non-hydrogen) atoms. The number of hydrogen-bond donors (Lipinski definition) is 0. The molecular weight excluding hydrogens is 189 g/mol. The summed E-state index contributed by atoms with van der Waals surface area (Å²) in [6.45, 7) is 4.24. The zero-order valence-corrected chi connectivity index (χ0v) is 8.44. The van der Waals surface area contributed by atoms with Crippen LogP contribution in [0.4, 0.5) is 13.2 Å². The summed E-state index contributed by atoms with van der Waals surface area (Å²) in [5.41, 5.74) is -0.511. The number of rotatable bonds is 1. The third-order valence-electron chi connectivity index (χ3n) is 2.48. The fourth-order valence-electron chi connectivity index (χ4n) is 1.13. The molecule has 3 heteroatoms. The summed E-state index contributed by atoms with van der Waals surface area (Å²) in [4.78, 5) is 0. The molecule has 0 radical (unpaired) electrons. The van der Waals surface area contributed by atoms with Crippen LogP contribution in [0.25, 0.3) is 0 Å². The average Bonchev–Trinajstić information content (AvgIpc) is 2.03. The average molecular weight is 202 g/mol. The highest BCUT2D eigenvalue weighted by Gasteiger charge is 2.48. The molecule has 0 unspecified atom stereocenters. The van der Waals surface area contributed by atoms with Gasteiger partial charge in [-0.3, -0.25) is 0 Å². The fraction of sp³-hybridized carbons (Fsp3) is 0.455. The van der Waals surface area contributed by atoms with Gasteiger partial charge >= 0.3 is 6.18 Å². The number of alkyl halides is 3. The van der Waals surface area contributed by atoms with Gasteiger partial charge in [-0.2, -0.15) is 13.2 Å². The van der Waals surface area contributed by atoms with Gasteiger partial charge in [0.2, 0.25) is 0 Å². The number of halogens is 3. The smallest absolute Gasteiger partial charge is 0.170 e. The largest absolute Gasteiger partial charge is 0.397 e. The summed E-state index contributed by atoms with van der Waals surface area (Å²) in [6.07, 6.45) is -4.21. The van der Waals surface area contributed by atoms with Crippen LogP contribution in [0.15, 0.2) is 24.3 Å². The maximum Gasteiger partial charge on any atom is 0.397 e. The second-order valence-corrected chi connectivity index (χ2v) is 3.99. The lowest BCUT2D eigenvalue weighted by atomic mass is 9.84. The Morgan fingerprint density at radius 1 is 0.929 bits per heavy atom. The van der Waals surface area contributed by atoms with E-state index in [9.17, 15) is 13.2 Å². The summed E-state index contributed by atoms with van der Waals surface area (Å²) in [5.74, 6) is 0. The van der Waals surface area contributed by atoms with Gasteiger partial charge in [0.25, 0.3) is 0 Å². The van der Waals surface area contributed by atoms with Crippen molar-refractivity contribution in [2.45, 2.75) is 32.4 Å². The van der Waals surface area contributed by atoms with Gasteiger partial charge in [-0.25, -0.2) is 0 Å². The molecule has 0 heterocycles. The van der Waals surface area contributed by atoms with Crippen LogP contribution >= 0.6 is 0 Å². The Hall–Kier alpha value is -0.990. The predicted molar refractivity (Wildman–Crippen MR) is 50.3 cm³/mol. The number of benzene rings is 1. The van der Waals surface area contributed by atoms with Crippen molar-refractivity contribution >= 4 is 0 Å². The molecule has 0 aliphatic carbocycles. The lowest BCUT2D eigenvalue weighted by Crippen LogP contribution is -2.36. The Labute approximate surface area is 81.8 Å². The minimum atomic E-state index is -4.21. The van der Waals surface area contributed by atoms with E-state index in [0.29, 0.717) is 5.56 Å². The maximum absolute atomic E-state index is 12.6. The molecule has 0 N–H and O–H groups in total. The van der Waals surface area contributed by atoms with E-state index in [1.54, 1.807) is 12.1 Å². The quantitative estimate of drug-likeness (QED) is 0.649. The number of hydrogen-bond acceptors (Lipinski definition) is 0. The van der Waals surface area contributed by atoms with Crippen molar-refractivity contribution < 1.29 is 13.2 Å². The molecule has 0 bridgehead atoms. The van der Waals surface area contributed by atoms with E-state index in [1.165, 1.54) is 26.0 Å². The van der Waals surface area contributed by atoms with Gasteiger partial charge in [0.05, 0.1) is 5.41 Å². The monoisotopic (exact) mass is 202 g/mol. The summed E-state index contributed by atoms with van der Waals surface area (Å²) >= 11 is 0. The zero-order valence-electron chi connectivity index (χ0n) is 8.44. The second kappa shape index (κ2) is 3.30. The van der Waals surface area contributed by atoms with E-state index in [0.717, 1.165) is 5.56 Å². The van der Waals surface area contributed by atoms with Gasteiger partial charge in [-0.15, -0.1) is 0 Å². The summed E-state index contributed by atoms with van der Waals surface area (Å²) in [5, 5.41) is 0. The third-order valence-corrected chi connectivity index (χ3v) is 2.48. The van der Waals surface area contributed by atoms with Gasteiger partial charge in [0.1, 0.15) is 0 Å². The molecule has 1 rings (SSSR count). The van der Waals surface area contributed by atoms with E-state index >= 15 is 0 Å². The van der Waals surface area contributed by atoms with E-state index < -0.39 is 11.6 Å². The maximum atomic E-state index is 12.6. The fourth-order valence-corrected chi connectivity index (χ4v) is 1.13. The van der Waals surface area contributed by atoms with Crippen LogP contribution in [-0.4, -0.2) is 6.18 Å². The summed E-state index contributed by atoms with van der Waals surface area (Å²) < 4.78 is 37.9. The molecule has 0 saturated carbocycles. The van der Waals surface area contributed by atoms with Crippen LogP contribution in [0.3, 0.4) is 0 Å². The molecule has 0 amide bonds. The molecule has 0 saturated heterocycles. The zero-order chi connectivity index (χ0) is 11.0. The van der Waals surface area contributed by atoms with E-state index in [1.807, 2.05) is 6.92 Å². The first-order chi connectivity index (χ1) is 6.25. The van der Waals surface area contributed by atoms with Gasteiger partial charge in [-0.05, 0) is 26.3 Å². The van der Waals surface area contributed by atoms with E-state index in [2.05, 4.69) is 0 Å². The summed E-state index contributed by atoms with van der Waals surface area (Å²) in [6, 6.07) is 6.46. The highest BCUT2D eigenvalue weighted by atomic mass is 19.4. The van der Waals surface area contributed by atoms with Crippen molar-refractivity contribution in [1.82, 2.24) is 0 Å². The van der Waals surface area contributed by atoms with Crippen molar-refractivity contribution in [2.75, 3.05) is 0 Å². The van der Waals surface area contributed by atoms with Crippen molar-refractivity contribution in [3.05, 3.63) is 35.4 Å². The first-order valence-electron chi connectivity index (χ1n) is 4.39. The molecule has 0 fully saturated rings. The van der Waals surface area contributed by atoms with Gasteiger partial charge in [-0.1, -0.05) is 29.8 Å². The van der Waals surface area contributed by atoms with Crippen LogP contribution in [0.1, 0.15) is 25.0 Å². The van der Waals surface area contributed by atoms with E-state index in [4.69, 9.17) is 0 Å². The van der Waals surface area contributed by atoms with Gasteiger partial charge < -0.3 is 0 Å². The first kappa shape index (κ1) is 11.1. The molecule has 0 atom stereocenters. The topological polar surface area (TPSA) is 0 Å². The molecule has 0 aliphatic rings. The Morgan fingerprint density at radius 2 is 1.36 bits per heavy atom. The molecule has 0 spiro atoms. The normalized spacial score (nSPS) is 13.0. The van der Waals surface area contributed by atoms with Crippen LogP contribution < -0.4 is 0 Å². The van der Waals surface area contributed by atoms with Crippen LogP contribution in [0.5, 0.6) is 0 Å². The highest BCUT2D eigenvalue weighted by molar-refractivity contribution is 5.28. The molecule has 1 aromatic rings. The lowest BCUT2D eigenvalue weighted by Gasteiger charge is -2.28. The molecule has 0 aliphatic heterocycles. The molecule has 78 valence electrons. The van der Waals surface area contributed by atoms with E-state index in [-0.39, 0.29) is 0 Å². The van der Waals surface area contributed by atoms with Crippen molar-refractivity contribution in [1.29, 1.82) is 0 Å². The number of aryl methyl sites for hydroxylation is 1. The SMILES string of the molecule is Cc1ccc(C(C)(C)C(F)(F)F)cc1. The Kier molecular flexibility index (Phi) is 2.61. The molecule has 0 aromatic heterocycles. The van der Waals surface area contributed by atoms with Crippen molar-refractivity contribution in [3.63, 3.8) is 0 Å².